The number of aromatic nitrogens is 2. The SMILES string of the molecule is Cc1cccc(C)c1CNc1nc(C(=O)N2CC(OCC(F)(F)F)C2)cc2c(C)c(C)[nH]c12. The number of fused-ring (bicyclic) bond motifs is 1. The second kappa shape index (κ2) is 8.70. The molecule has 2 N–H and O–H groups in total. The Labute approximate surface area is 190 Å². The van der Waals surface area contributed by atoms with Gasteiger partial charge in [0.25, 0.3) is 5.91 Å². The Morgan fingerprint density at radius 2 is 1.88 bits per heavy atom. The number of carbonyl (C=O) groups excluding carboxylic acids is 1. The van der Waals surface area contributed by atoms with Gasteiger partial charge < -0.3 is 19.9 Å². The quantitative estimate of drug-likeness (QED) is 0.554. The summed E-state index contributed by atoms with van der Waals surface area (Å²) in [6.07, 6.45) is -4.99. The minimum atomic E-state index is -4.38. The van der Waals surface area contributed by atoms with Crippen LogP contribution in [0.5, 0.6) is 0 Å². The van der Waals surface area contributed by atoms with Crippen LogP contribution in [0.25, 0.3) is 10.9 Å². The van der Waals surface area contributed by atoms with Crippen molar-refractivity contribution in [3.63, 3.8) is 0 Å². The van der Waals surface area contributed by atoms with Crippen molar-refractivity contribution in [3.8, 4) is 0 Å². The van der Waals surface area contributed by atoms with Crippen molar-refractivity contribution in [2.75, 3.05) is 25.0 Å². The topological polar surface area (TPSA) is 70.2 Å². The number of likely N-dealkylation sites (tertiary alicyclic amines) is 1. The summed E-state index contributed by atoms with van der Waals surface area (Å²) in [6.45, 7) is 7.51. The number of hydrogen-bond donors (Lipinski definition) is 2. The summed E-state index contributed by atoms with van der Waals surface area (Å²) in [4.78, 5) is 22.4. The molecule has 4 rings (SSSR count). The molecular formula is C24H27F3N4O2. The first kappa shape index (κ1) is 23.1. The van der Waals surface area contributed by atoms with Crippen LogP contribution in [0.1, 0.15) is 38.4 Å². The van der Waals surface area contributed by atoms with Crippen molar-refractivity contribution in [1.82, 2.24) is 14.9 Å². The van der Waals surface area contributed by atoms with Crippen LogP contribution in [0.15, 0.2) is 24.3 Å². The Kier molecular flexibility index (Phi) is 6.09. The molecule has 0 atom stereocenters. The summed E-state index contributed by atoms with van der Waals surface area (Å²) in [6, 6.07) is 7.86. The van der Waals surface area contributed by atoms with Gasteiger partial charge in [-0.05, 0) is 56.0 Å². The maximum atomic E-state index is 13.0. The van der Waals surface area contributed by atoms with Crippen LogP contribution in [-0.4, -0.2) is 52.8 Å². The van der Waals surface area contributed by atoms with E-state index in [0.29, 0.717) is 12.4 Å². The maximum absolute atomic E-state index is 13.0. The van der Waals surface area contributed by atoms with E-state index in [1.165, 1.54) is 4.90 Å². The van der Waals surface area contributed by atoms with E-state index in [9.17, 15) is 18.0 Å². The molecule has 0 spiro atoms. The normalized spacial score (nSPS) is 14.6. The van der Waals surface area contributed by atoms with Gasteiger partial charge in [-0.1, -0.05) is 18.2 Å². The smallest absolute Gasteiger partial charge is 0.365 e. The van der Waals surface area contributed by atoms with Crippen LogP contribution < -0.4 is 5.32 Å². The van der Waals surface area contributed by atoms with Crippen molar-refractivity contribution >= 4 is 22.6 Å². The van der Waals surface area contributed by atoms with Crippen molar-refractivity contribution in [2.24, 2.45) is 0 Å². The van der Waals surface area contributed by atoms with Gasteiger partial charge in [0.15, 0.2) is 5.82 Å². The number of alkyl halides is 3. The molecule has 1 saturated heterocycles. The third kappa shape index (κ3) is 4.83. The average Bonchev–Trinajstić information content (AvgIpc) is 2.99. The number of anilines is 1. The number of H-pyrrole nitrogens is 1. The van der Waals surface area contributed by atoms with Gasteiger partial charge in [0, 0.05) is 30.7 Å². The number of hydrogen-bond acceptors (Lipinski definition) is 4. The molecule has 33 heavy (non-hydrogen) atoms. The molecule has 9 heteroatoms. The Bertz CT molecular complexity index is 1180. The molecule has 1 aliphatic rings. The predicted octanol–water partition coefficient (Wildman–Crippen LogP) is 4.81. The Morgan fingerprint density at radius 1 is 1.21 bits per heavy atom. The molecule has 0 saturated carbocycles. The molecule has 3 heterocycles. The van der Waals surface area contributed by atoms with Crippen LogP contribution in [0.2, 0.25) is 0 Å². The number of carbonyl (C=O) groups is 1. The van der Waals surface area contributed by atoms with E-state index in [4.69, 9.17) is 4.74 Å². The lowest BCUT2D eigenvalue weighted by molar-refractivity contribution is -0.196. The number of nitrogens with one attached hydrogen (secondary N) is 2. The average molecular weight is 461 g/mol. The lowest BCUT2D eigenvalue weighted by Crippen LogP contribution is -2.55. The van der Waals surface area contributed by atoms with Gasteiger partial charge in [-0.2, -0.15) is 13.2 Å². The molecular weight excluding hydrogens is 433 g/mol. The van der Waals surface area contributed by atoms with Gasteiger partial charge >= 0.3 is 6.18 Å². The Balaban J connectivity index is 1.56. The summed E-state index contributed by atoms with van der Waals surface area (Å²) >= 11 is 0. The highest BCUT2D eigenvalue weighted by Gasteiger charge is 2.36. The number of ether oxygens (including phenoxy) is 1. The molecule has 1 aliphatic heterocycles. The number of benzene rings is 1. The Morgan fingerprint density at radius 3 is 2.52 bits per heavy atom. The minimum absolute atomic E-state index is 0.116. The summed E-state index contributed by atoms with van der Waals surface area (Å²) in [5.41, 5.74) is 6.57. The summed E-state index contributed by atoms with van der Waals surface area (Å²) in [5.74, 6) is 0.247. The fraction of sp³-hybridized carbons (Fsp3) is 0.417. The lowest BCUT2D eigenvalue weighted by atomic mass is 10.0. The van der Waals surface area contributed by atoms with Crippen LogP contribution in [0, 0.1) is 27.7 Å². The molecule has 0 aliphatic carbocycles. The molecule has 0 radical (unpaired) electrons. The summed E-state index contributed by atoms with van der Waals surface area (Å²) < 4.78 is 41.9. The maximum Gasteiger partial charge on any atom is 0.411 e. The van der Waals surface area contributed by atoms with Gasteiger partial charge in [0.05, 0.1) is 11.6 Å². The highest BCUT2D eigenvalue weighted by atomic mass is 19.4. The number of pyridine rings is 1. The molecule has 1 amide bonds. The van der Waals surface area contributed by atoms with Gasteiger partial charge in [0.2, 0.25) is 0 Å². The fourth-order valence-corrected chi connectivity index (χ4v) is 4.07. The highest BCUT2D eigenvalue weighted by Crippen LogP contribution is 2.29. The number of aryl methyl sites for hydroxylation is 4. The third-order valence-electron chi connectivity index (χ3n) is 6.21. The van der Waals surface area contributed by atoms with E-state index in [-0.39, 0.29) is 24.7 Å². The van der Waals surface area contributed by atoms with Gasteiger partial charge in [0.1, 0.15) is 12.3 Å². The first-order chi connectivity index (χ1) is 15.5. The van der Waals surface area contributed by atoms with Crippen molar-refractivity contribution in [3.05, 3.63) is 57.9 Å². The summed E-state index contributed by atoms with van der Waals surface area (Å²) in [7, 11) is 0. The van der Waals surface area contributed by atoms with E-state index >= 15 is 0 Å². The lowest BCUT2D eigenvalue weighted by Gasteiger charge is -2.38. The van der Waals surface area contributed by atoms with E-state index < -0.39 is 18.9 Å². The molecule has 1 aromatic carbocycles. The van der Waals surface area contributed by atoms with E-state index in [1.807, 2.05) is 19.9 Å². The second-order valence-corrected chi connectivity index (χ2v) is 8.64. The zero-order valence-corrected chi connectivity index (χ0v) is 19.1. The highest BCUT2D eigenvalue weighted by molar-refractivity contribution is 6.01. The largest absolute Gasteiger partial charge is 0.411 e. The van der Waals surface area contributed by atoms with Crippen LogP contribution in [0.3, 0.4) is 0 Å². The monoisotopic (exact) mass is 460 g/mol. The molecule has 6 nitrogen and oxygen atoms in total. The molecule has 176 valence electrons. The zero-order chi connectivity index (χ0) is 23.9. The van der Waals surface area contributed by atoms with Crippen LogP contribution >= 0.6 is 0 Å². The number of amides is 1. The van der Waals surface area contributed by atoms with E-state index in [2.05, 4.69) is 41.3 Å². The van der Waals surface area contributed by atoms with Gasteiger partial charge in [-0.15, -0.1) is 0 Å². The standard InChI is InChI=1S/C24H27F3N4O2/c1-13-6-5-7-14(2)19(13)9-28-22-21-18(15(3)16(4)29-21)8-20(30-22)23(32)31-10-17(11-31)33-12-24(25,26)27/h5-8,17,29H,9-12H2,1-4H3,(H,28,30). The van der Waals surface area contributed by atoms with Crippen molar-refractivity contribution < 1.29 is 22.7 Å². The van der Waals surface area contributed by atoms with E-state index in [0.717, 1.165) is 38.9 Å². The van der Waals surface area contributed by atoms with Crippen molar-refractivity contribution in [1.29, 1.82) is 0 Å². The first-order valence-corrected chi connectivity index (χ1v) is 10.8. The molecule has 1 fully saturated rings. The zero-order valence-electron chi connectivity index (χ0n) is 19.1. The number of rotatable bonds is 6. The predicted molar refractivity (Wildman–Crippen MR) is 121 cm³/mol. The number of halogens is 3. The van der Waals surface area contributed by atoms with Crippen LogP contribution in [0.4, 0.5) is 19.0 Å². The third-order valence-corrected chi connectivity index (χ3v) is 6.21. The van der Waals surface area contributed by atoms with E-state index in [1.54, 1.807) is 6.07 Å². The summed E-state index contributed by atoms with van der Waals surface area (Å²) in [5, 5.41) is 4.27. The molecule has 3 aromatic rings. The molecule has 0 bridgehead atoms. The van der Waals surface area contributed by atoms with Gasteiger partial charge in [-0.3, -0.25) is 4.79 Å². The minimum Gasteiger partial charge on any atom is -0.365 e. The molecule has 0 unspecified atom stereocenters. The first-order valence-electron chi connectivity index (χ1n) is 10.8. The van der Waals surface area contributed by atoms with Crippen LogP contribution in [-0.2, 0) is 11.3 Å². The van der Waals surface area contributed by atoms with Crippen molar-refractivity contribution in [2.45, 2.75) is 46.5 Å². The molecule has 2 aromatic heterocycles. The van der Waals surface area contributed by atoms with Gasteiger partial charge in [-0.25, -0.2) is 4.98 Å². The Hall–Kier alpha value is -3.07. The number of aromatic amines is 1. The number of nitrogens with zero attached hydrogens (tertiary/aromatic N) is 2. The fourth-order valence-electron chi connectivity index (χ4n) is 4.07. The second-order valence-electron chi connectivity index (χ2n) is 8.64.